The fourth-order valence-corrected chi connectivity index (χ4v) is 5.17. The largest absolute Gasteiger partial charge is 0.462 e. The Morgan fingerprint density at radius 3 is 2.30 bits per heavy atom. The lowest BCUT2D eigenvalue weighted by Crippen LogP contribution is -2.15. The van der Waals surface area contributed by atoms with Gasteiger partial charge in [0.2, 0.25) is 0 Å². The molecule has 0 aliphatic rings. The molecule has 30 heavy (non-hydrogen) atoms. The SMILES string of the molecule is CCOC(=O)c1c(C)n(S(=O)(=O)c2ccc(C)cc2)c2cc(Br)c(OC(C)=O)cc12. The van der Waals surface area contributed by atoms with Crippen LogP contribution in [0.3, 0.4) is 0 Å². The van der Waals surface area contributed by atoms with Crippen LogP contribution in [0.5, 0.6) is 5.75 Å². The van der Waals surface area contributed by atoms with Crippen LogP contribution in [0.25, 0.3) is 10.9 Å². The minimum absolute atomic E-state index is 0.0868. The highest BCUT2D eigenvalue weighted by molar-refractivity contribution is 9.10. The molecule has 0 unspecified atom stereocenters. The molecule has 158 valence electrons. The first-order chi connectivity index (χ1) is 14.1. The molecule has 0 bridgehead atoms. The van der Waals surface area contributed by atoms with E-state index in [1.165, 1.54) is 38.1 Å². The summed E-state index contributed by atoms with van der Waals surface area (Å²) in [6.07, 6.45) is 0. The number of carbonyl (C=O) groups is 2. The number of rotatable bonds is 5. The van der Waals surface area contributed by atoms with Crippen LogP contribution in [-0.4, -0.2) is 30.9 Å². The average Bonchev–Trinajstić information content (AvgIpc) is 2.93. The first-order valence-electron chi connectivity index (χ1n) is 9.10. The molecule has 0 N–H and O–H groups in total. The van der Waals surface area contributed by atoms with Crippen LogP contribution in [0.15, 0.2) is 45.8 Å². The molecule has 0 atom stereocenters. The van der Waals surface area contributed by atoms with Crippen molar-refractivity contribution >= 4 is 48.8 Å². The number of halogens is 1. The standard InChI is InChI=1S/C21H20BrNO6S/c1-5-28-21(25)20-13(3)23(30(26,27)15-8-6-12(2)7-9-15)18-11-17(22)19(10-16(18)20)29-14(4)24/h6-11H,5H2,1-4H3. The van der Waals surface area contributed by atoms with Crippen LogP contribution in [0.2, 0.25) is 0 Å². The number of hydrogen-bond acceptors (Lipinski definition) is 6. The average molecular weight is 494 g/mol. The van der Waals surface area contributed by atoms with Gasteiger partial charge in [0.15, 0.2) is 0 Å². The van der Waals surface area contributed by atoms with Crippen molar-refractivity contribution in [3.8, 4) is 5.75 Å². The second-order valence-electron chi connectivity index (χ2n) is 6.66. The van der Waals surface area contributed by atoms with Crippen molar-refractivity contribution in [2.45, 2.75) is 32.6 Å². The summed E-state index contributed by atoms with van der Waals surface area (Å²) in [4.78, 5) is 24.2. The summed E-state index contributed by atoms with van der Waals surface area (Å²) in [5, 5.41) is 0.307. The Hall–Kier alpha value is -2.65. The molecule has 0 spiro atoms. The van der Waals surface area contributed by atoms with Gasteiger partial charge < -0.3 is 9.47 Å². The minimum atomic E-state index is -4.01. The molecule has 0 fully saturated rings. The van der Waals surface area contributed by atoms with Gasteiger partial charge in [-0.3, -0.25) is 4.79 Å². The number of hydrogen-bond donors (Lipinski definition) is 0. The molecule has 9 heteroatoms. The van der Waals surface area contributed by atoms with E-state index >= 15 is 0 Å². The Balaban J connectivity index is 2.38. The molecule has 3 aromatic rings. The van der Waals surface area contributed by atoms with Gasteiger partial charge in [-0.05, 0) is 61.0 Å². The second-order valence-corrected chi connectivity index (χ2v) is 9.30. The zero-order valence-corrected chi connectivity index (χ0v) is 19.3. The Morgan fingerprint density at radius 2 is 1.73 bits per heavy atom. The van der Waals surface area contributed by atoms with E-state index in [2.05, 4.69) is 15.9 Å². The third-order valence-electron chi connectivity index (χ3n) is 4.50. The lowest BCUT2D eigenvalue weighted by atomic mass is 10.1. The van der Waals surface area contributed by atoms with Crippen molar-refractivity contribution in [3.63, 3.8) is 0 Å². The van der Waals surface area contributed by atoms with E-state index in [1.807, 2.05) is 6.92 Å². The third-order valence-corrected chi connectivity index (χ3v) is 6.94. The molecule has 0 aliphatic heterocycles. The first-order valence-corrected chi connectivity index (χ1v) is 11.3. The number of fused-ring (bicyclic) bond motifs is 1. The molecule has 1 aromatic heterocycles. The van der Waals surface area contributed by atoms with E-state index in [1.54, 1.807) is 19.1 Å². The van der Waals surface area contributed by atoms with Gasteiger partial charge in [-0.25, -0.2) is 17.2 Å². The van der Waals surface area contributed by atoms with Crippen LogP contribution in [0, 0.1) is 13.8 Å². The molecule has 0 saturated carbocycles. The summed E-state index contributed by atoms with van der Waals surface area (Å²) in [5.41, 5.74) is 1.49. The summed E-state index contributed by atoms with van der Waals surface area (Å²) in [7, 11) is -4.01. The Kier molecular flexibility index (Phi) is 6.05. The Bertz CT molecular complexity index is 1260. The summed E-state index contributed by atoms with van der Waals surface area (Å²) in [5.74, 6) is -1.03. The van der Waals surface area contributed by atoms with Crippen molar-refractivity contribution in [1.29, 1.82) is 0 Å². The maximum Gasteiger partial charge on any atom is 0.340 e. The maximum absolute atomic E-state index is 13.5. The van der Waals surface area contributed by atoms with Gasteiger partial charge in [0.05, 0.1) is 27.1 Å². The summed E-state index contributed by atoms with van der Waals surface area (Å²) < 4.78 is 38.7. The van der Waals surface area contributed by atoms with Crippen molar-refractivity contribution in [2.24, 2.45) is 0 Å². The predicted octanol–water partition coefficient (Wildman–Crippen LogP) is 4.36. The number of esters is 2. The van der Waals surface area contributed by atoms with Gasteiger partial charge in [0, 0.05) is 18.0 Å². The second kappa shape index (κ2) is 8.23. The monoisotopic (exact) mass is 493 g/mol. The van der Waals surface area contributed by atoms with E-state index in [0.29, 0.717) is 9.86 Å². The number of aryl methyl sites for hydroxylation is 1. The van der Waals surface area contributed by atoms with Gasteiger partial charge in [-0.2, -0.15) is 0 Å². The maximum atomic E-state index is 13.5. The highest BCUT2D eigenvalue weighted by Crippen LogP contribution is 2.37. The Morgan fingerprint density at radius 1 is 1.10 bits per heavy atom. The van der Waals surface area contributed by atoms with Crippen molar-refractivity contribution < 1.29 is 27.5 Å². The zero-order chi connectivity index (χ0) is 22.2. The quantitative estimate of drug-likeness (QED) is 0.387. The lowest BCUT2D eigenvalue weighted by Gasteiger charge is -2.11. The fraction of sp³-hybridized carbons (Fsp3) is 0.238. The fourth-order valence-electron chi connectivity index (χ4n) is 3.21. The van der Waals surface area contributed by atoms with E-state index in [0.717, 1.165) is 9.54 Å². The van der Waals surface area contributed by atoms with Crippen molar-refractivity contribution in [1.82, 2.24) is 3.97 Å². The molecule has 0 amide bonds. The zero-order valence-electron chi connectivity index (χ0n) is 16.9. The number of ether oxygens (including phenoxy) is 2. The first kappa shape index (κ1) is 22.0. The lowest BCUT2D eigenvalue weighted by molar-refractivity contribution is -0.131. The number of benzene rings is 2. The highest BCUT2D eigenvalue weighted by atomic mass is 79.9. The molecule has 0 radical (unpaired) electrons. The smallest absolute Gasteiger partial charge is 0.340 e. The normalized spacial score (nSPS) is 11.5. The van der Waals surface area contributed by atoms with E-state index in [9.17, 15) is 18.0 Å². The highest BCUT2D eigenvalue weighted by Gasteiger charge is 2.29. The molecule has 2 aromatic carbocycles. The van der Waals surface area contributed by atoms with Gasteiger partial charge in [0.1, 0.15) is 5.75 Å². The van der Waals surface area contributed by atoms with Crippen LogP contribution < -0.4 is 4.74 Å². The molecular formula is C21H20BrNO6S. The number of nitrogens with zero attached hydrogens (tertiary/aromatic N) is 1. The number of aromatic nitrogens is 1. The summed E-state index contributed by atoms with van der Waals surface area (Å²) in [6.45, 7) is 6.44. The molecule has 1 heterocycles. The van der Waals surface area contributed by atoms with Crippen molar-refractivity contribution in [3.05, 3.63) is 57.7 Å². The van der Waals surface area contributed by atoms with Crippen LogP contribution in [0.1, 0.15) is 35.5 Å². The van der Waals surface area contributed by atoms with E-state index < -0.39 is 22.0 Å². The van der Waals surface area contributed by atoms with Crippen LogP contribution >= 0.6 is 15.9 Å². The third kappa shape index (κ3) is 3.87. The molecule has 3 rings (SSSR count). The van der Waals surface area contributed by atoms with Crippen LogP contribution in [0.4, 0.5) is 0 Å². The molecular weight excluding hydrogens is 474 g/mol. The topological polar surface area (TPSA) is 91.7 Å². The van der Waals surface area contributed by atoms with Gasteiger partial charge in [-0.15, -0.1) is 0 Å². The predicted molar refractivity (Wildman–Crippen MR) is 115 cm³/mol. The summed E-state index contributed by atoms with van der Waals surface area (Å²) >= 11 is 3.31. The summed E-state index contributed by atoms with van der Waals surface area (Å²) in [6, 6.07) is 9.41. The van der Waals surface area contributed by atoms with Crippen LogP contribution in [-0.2, 0) is 19.6 Å². The van der Waals surface area contributed by atoms with E-state index in [-0.39, 0.29) is 34.0 Å². The van der Waals surface area contributed by atoms with E-state index in [4.69, 9.17) is 9.47 Å². The molecule has 0 saturated heterocycles. The Labute approximate surface area is 182 Å². The number of carbonyl (C=O) groups excluding carboxylic acids is 2. The van der Waals surface area contributed by atoms with Gasteiger partial charge in [-0.1, -0.05) is 17.7 Å². The molecule has 0 aliphatic carbocycles. The minimum Gasteiger partial charge on any atom is -0.462 e. The van der Waals surface area contributed by atoms with Gasteiger partial charge in [0.25, 0.3) is 10.0 Å². The van der Waals surface area contributed by atoms with Crippen molar-refractivity contribution in [2.75, 3.05) is 6.61 Å². The van der Waals surface area contributed by atoms with Gasteiger partial charge >= 0.3 is 11.9 Å². The molecule has 7 nitrogen and oxygen atoms in total.